The molecule has 1 amide bonds. The van der Waals surface area contributed by atoms with Gasteiger partial charge in [-0.2, -0.15) is 0 Å². The SMILES string of the molecule is Cc1ccccc1OCc1c(C(=O)Nc2ccc(Cc3ccncc3)cc2)noc1C. The van der Waals surface area contributed by atoms with Gasteiger partial charge in [0.2, 0.25) is 0 Å². The van der Waals surface area contributed by atoms with Crippen LogP contribution in [0.25, 0.3) is 0 Å². The van der Waals surface area contributed by atoms with Crippen LogP contribution in [0.4, 0.5) is 5.69 Å². The van der Waals surface area contributed by atoms with Gasteiger partial charge in [-0.05, 0) is 67.3 Å². The fourth-order valence-corrected chi connectivity index (χ4v) is 3.24. The fraction of sp³-hybridized carbons (Fsp3) is 0.160. The van der Waals surface area contributed by atoms with Gasteiger partial charge in [-0.15, -0.1) is 0 Å². The van der Waals surface area contributed by atoms with Crippen molar-refractivity contribution in [2.75, 3.05) is 5.32 Å². The van der Waals surface area contributed by atoms with Crippen LogP contribution in [0.5, 0.6) is 5.75 Å². The first-order valence-corrected chi connectivity index (χ1v) is 10.0. The lowest BCUT2D eigenvalue weighted by Crippen LogP contribution is -2.15. The number of carbonyl (C=O) groups excluding carboxylic acids is 1. The second kappa shape index (κ2) is 9.26. The van der Waals surface area contributed by atoms with Gasteiger partial charge < -0.3 is 14.6 Å². The van der Waals surface area contributed by atoms with Crippen LogP contribution >= 0.6 is 0 Å². The largest absolute Gasteiger partial charge is 0.488 e. The zero-order chi connectivity index (χ0) is 21.6. The Labute approximate surface area is 180 Å². The summed E-state index contributed by atoms with van der Waals surface area (Å²) in [6, 6.07) is 19.5. The molecule has 6 nitrogen and oxygen atoms in total. The molecule has 0 atom stereocenters. The van der Waals surface area contributed by atoms with Gasteiger partial charge in [0.25, 0.3) is 5.91 Å². The van der Waals surface area contributed by atoms with Crippen molar-refractivity contribution in [3.8, 4) is 5.75 Å². The minimum atomic E-state index is -0.331. The number of nitrogens with zero attached hydrogens (tertiary/aromatic N) is 2. The lowest BCUT2D eigenvalue weighted by atomic mass is 10.1. The molecule has 31 heavy (non-hydrogen) atoms. The maximum absolute atomic E-state index is 12.8. The number of amides is 1. The summed E-state index contributed by atoms with van der Waals surface area (Å²) in [5.41, 5.74) is 4.91. The molecule has 2 aromatic carbocycles. The normalized spacial score (nSPS) is 10.6. The molecule has 0 saturated heterocycles. The van der Waals surface area contributed by atoms with E-state index in [9.17, 15) is 4.79 Å². The van der Waals surface area contributed by atoms with E-state index in [0.717, 1.165) is 23.3 Å². The van der Waals surface area contributed by atoms with Crippen molar-refractivity contribution in [1.29, 1.82) is 0 Å². The Hall–Kier alpha value is -3.93. The zero-order valence-corrected chi connectivity index (χ0v) is 17.5. The summed E-state index contributed by atoms with van der Waals surface area (Å²) in [5.74, 6) is 0.993. The Kier molecular flexibility index (Phi) is 6.08. The number of ether oxygens (including phenoxy) is 1. The van der Waals surface area contributed by atoms with Gasteiger partial charge in [0.05, 0.1) is 5.56 Å². The van der Waals surface area contributed by atoms with Crippen molar-refractivity contribution in [2.45, 2.75) is 26.9 Å². The molecule has 0 aliphatic rings. The number of pyridine rings is 1. The first-order valence-electron chi connectivity index (χ1n) is 10.0. The smallest absolute Gasteiger partial charge is 0.278 e. The molecule has 2 aromatic heterocycles. The highest BCUT2D eigenvalue weighted by Gasteiger charge is 2.20. The van der Waals surface area contributed by atoms with E-state index in [2.05, 4.69) is 15.5 Å². The van der Waals surface area contributed by atoms with E-state index in [1.165, 1.54) is 5.56 Å². The van der Waals surface area contributed by atoms with Crippen LogP contribution in [-0.2, 0) is 13.0 Å². The molecular formula is C25H23N3O3. The second-order valence-electron chi connectivity index (χ2n) is 7.30. The molecule has 2 heterocycles. The van der Waals surface area contributed by atoms with Gasteiger partial charge in [-0.1, -0.05) is 35.5 Å². The number of carbonyl (C=O) groups is 1. The van der Waals surface area contributed by atoms with Crippen LogP contribution in [0.2, 0.25) is 0 Å². The summed E-state index contributed by atoms with van der Waals surface area (Å²) >= 11 is 0. The summed E-state index contributed by atoms with van der Waals surface area (Å²) in [6.45, 7) is 3.95. The highest BCUT2D eigenvalue weighted by atomic mass is 16.5. The Morgan fingerprint density at radius 2 is 1.68 bits per heavy atom. The molecule has 0 fully saturated rings. The van der Waals surface area contributed by atoms with Crippen molar-refractivity contribution >= 4 is 11.6 Å². The fourth-order valence-electron chi connectivity index (χ4n) is 3.24. The van der Waals surface area contributed by atoms with Crippen molar-refractivity contribution in [3.63, 3.8) is 0 Å². The van der Waals surface area contributed by atoms with Crippen molar-refractivity contribution in [2.24, 2.45) is 0 Å². The number of aromatic nitrogens is 2. The maximum Gasteiger partial charge on any atom is 0.278 e. The van der Waals surface area contributed by atoms with Crippen molar-refractivity contribution in [3.05, 3.63) is 107 Å². The Balaban J connectivity index is 1.42. The van der Waals surface area contributed by atoms with Crippen LogP contribution in [0.3, 0.4) is 0 Å². The quantitative estimate of drug-likeness (QED) is 0.456. The van der Waals surface area contributed by atoms with Crippen LogP contribution in [0.1, 0.15) is 38.5 Å². The number of hydrogen-bond acceptors (Lipinski definition) is 5. The summed E-state index contributed by atoms with van der Waals surface area (Å²) in [7, 11) is 0. The van der Waals surface area contributed by atoms with Crippen LogP contribution < -0.4 is 10.1 Å². The minimum Gasteiger partial charge on any atom is -0.488 e. The van der Waals surface area contributed by atoms with Gasteiger partial charge in [-0.3, -0.25) is 9.78 Å². The molecule has 1 N–H and O–H groups in total. The summed E-state index contributed by atoms with van der Waals surface area (Å²) in [5, 5.41) is 6.83. The van der Waals surface area contributed by atoms with Crippen molar-refractivity contribution in [1.82, 2.24) is 10.1 Å². The summed E-state index contributed by atoms with van der Waals surface area (Å²) in [4.78, 5) is 16.8. The number of benzene rings is 2. The molecule has 0 spiro atoms. The summed E-state index contributed by atoms with van der Waals surface area (Å²) < 4.78 is 11.2. The van der Waals surface area contributed by atoms with E-state index < -0.39 is 0 Å². The van der Waals surface area contributed by atoms with E-state index in [1.807, 2.05) is 67.6 Å². The third-order valence-corrected chi connectivity index (χ3v) is 5.03. The molecule has 0 bridgehead atoms. The monoisotopic (exact) mass is 413 g/mol. The molecule has 4 rings (SSSR count). The third-order valence-electron chi connectivity index (χ3n) is 5.03. The Morgan fingerprint density at radius 3 is 2.42 bits per heavy atom. The maximum atomic E-state index is 12.8. The minimum absolute atomic E-state index is 0.202. The number of para-hydroxylation sites is 1. The number of anilines is 1. The molecular weight excluding hydrogens is 390 g/mol. The van der Waals surface area contributed by atoms with Gasteiger partial charge in [0.15, 0.2) is 5.69 Å². The number of rotatable bonds is 7. The highest BCUT2D eigenvalue weighted by molar-refractivity contribution is 6.03. The van der Waals surface area contributed by atoms with Gasteiger partial charge in [0.1, 0.15) is 18.1 Å². The van der Waals surface area contributed by atoms with Crippen LogP contribution in [0.15, 0.2) is 77.6 Å². The predicted molar refractivity (Wildman–Crippen MR) is 118 cm³/mol. The topological polar surface area (TPSA) is 77.2 Å². The lowest BCUT2D eigenvalue weighted by Gasteiger charge is -2.09. The first-order chi connectivity index (χ1) is 15.1. The molecule has 6 heteroatoms. The van der Waals surface area contributed by atoms with E-state index in [-0.39, 0.29) is 18.2 Å². The zero-order valence-electron chi connectivity index (χ0n) is 17.5. The Morgan fingerprint density at radius 1 is 0.968 bits per heavy atom. The molecule has 4 aromatic rings. The second-order valence-corrected chi connectivity index (χ2v) is 7.30. The molecule has 0 unspecified atom stereocenters. The number of aryl methyl sites for hydroxylation is 2. The van der Waals surface area contributed by atoms with E-state index in [4.69, 9.17) is 9.26 Å². The summed E-state index contributed by atoms with van der Waals surface area (Å²) in [6.07, 6.45) is 4.37. The molecule has 0 radical (unpaired) electrons. The van der Waals surface area contributed by atoms with Gasteiger partial charge in [0, 0.05) is 18.1 Å². The van der Waals surface area contributed by atoms with Crippen molar-refractivity contribution < 1.29 is 14.1 Å². The lowest BCUT2D eigenvalue weighted by molar-refractivity contribution is 0.101. The highest BCUT2D eigenvalue weighted by Crippen LogP contribution is 2.22. The van der Waals surface area contributed by atoms with Crippen LogP contribution in [-0.4, -0.2) is 16.0 Å². The van der Waals surface area contributed by atoms with Crippen LogP contribution in [0, 0.1) is 13.8 Å². The van der Waals surface area contributed by atoms with E-state index in [1.54, 1.807) is 19.3 Å². The molecule has 0 aliphatic carbocycles. The Bertz CT molecular complexity index is 1170. The molecule has 0 aliphatic heterocycles. The van der Waals surface area contributed by atoms with Gasteiger partial charge >= 0.3 is 0 Å². The average Bonchev–Trinajstić information content (AvgIpc) is 3.16. The average molecular weight is 413 g/mol. The number of nitrogens with one attached hydrogen (secondary N) is 1. The third kappa shape index (κ3) is 4.98. The predicted octanol–water partition coefficient (Wildman–Crippen LogP) is 5.11. The van der Waals surface area contributed by atoms with Gasteiger partial charge in [-0.25, -0.2) is 0 Å². The number of hydrogen-bond donors (Lipinski definition) is 1. The first kappa shape index (κ1) is 20.3. The molecule has 156 valence electrons. The van der Waals surface area contributed by atoms with E-state index in [0.29, 0.717) is 17.0 Å². The molecule has 0 saturated carbocycles. The standard InChI is InChI=1S/C25H23N3O3/c1-17-5-3-4-6-23(17)30-16-22-18(2)31-28-24(22)25(29)27-21-9-7-19(8-10-21)15-20-11-13-26-14-12-20/h3-14H,15-16H2,1-2H3,(H,27,29). The van der Waals surface area contributed by atoms with E-state index >= 15 is 0 Å².